The maximum Gasteiger partial charge on any atom is 0.236 e. The Bertz CT molecular complexity index is 745. The summed E-state index contributed by atoms with van der Waals surface area (Å²) >= 11 is 0. The summed E-state index contributed by atoms with van der Waals surface area (Å²) in [6, 6.07) is 14.5. The first-order valence-electron chi connectivity index (χ1n) is 8.79. The van der Waals surface area contributed by atoms with Crippen LogP contribution < -0.4 is 15.0 Å². The maximum atomic E-state index is 13.9. The molecule has 1 fully saturated rings. The van der Waals surface area contributed by atoms with Crippen LogP contribution in [-0.4, -0.2) is 50.6 Å². The number of methoxy groups -OCH3 is 1. The van der Waals surface area contributed by atoms with E-state index >= 15 is 0 Å². The van der Waals surface area contributed by atoms with Crippen molar-refractivity contribution in [2.45, 2.75) is 6.54 Å². The van der Waals surface area contributed by atoms with Gasteiger partial charge in [-0.25, -0.2) is 4.39 Å². The van der Waals surface area contributed by atoms with Crippen molar-refractivity contribution in [3.8, 4) is 5.75 Å². The first-order chi connectivity index (χ1) is 12.7. The Balaban J connectivity index is 1.46. The fourth-order valence-corrected chi connectivity index (χ4v) is 3.17. The summed E-state index contributed by atoms with van der Waals surface area (Å²) < 4.78 is 19.2. The number of hydrogen-bond donors (Lipinski definition) is 1. The van der Waals surface area contributed by atoms with E-state index in [4.69, 9.17) is 4.74 Å². The van der Waals surface area contributed by atoms with Gasteiger partial charge in [-0.15, -0.1) is 0 Å². The number of carbonyl (C=O) groups is 1. The monoisotopic (exact) mass is 357 g/mol. The number of halogens is 1. The van der Waals surface area contributed by atoms with Gasteiger partial charge in [0.2, 0.25) is 5.91 Å². The Morgan fingerprint density at radius 2 is 1.77 bits per heavy atom. The number of nitrogens with one attached hydrogen (secondary N) is 1. The van der Waals surface area contributed by atoms with Gasteiger partial charge in [-0.1, -0.05) is 30.3 Å². The van der Waals surface area contributed by atoms with Crippen LogP contribution in [0.25, 0.3) is 0 Å². The summed E-state index contributed by atoms with van der Waals surface area (Å²) in [5.41, 5.74) is 1.63. The standard InChI is InChI=1S/C20H24FN3O2/c1-26-19-9-5-2-6-16(19)14-22-15-20(25)24-12-10-23(11-13-24)18-8-4-3-7-17(18)21/h2-9,22H,10-15H2,1H3. The molecule has 0 aliphatic carbocycles. The Morgan fingerprint density at radius 1 is 1.08 bits per heavy atom. The Kier molecular flexibility index (Phi) is 6.07. The fourth-order valence-electron chi connectivity index (χ4n) is 3.17. The number of nitrogens with zero attached hydrogens (tertiary/aromatic N) is 2. The normalized spacial score (nSPS) is 14.4. The van der Waals surface area contributed by atoms with E-state index in [9.17, 15) is 9.18 Å². The van der Waals surface area contributed by atoms with Crippen molar-refractivity contribution in [2.24, 2.45) is 0 Å². The molecule has 0 aromatic heterocycles. The fraction of sp³-hybridized carbons (Fsp3) is 0.350. The molecule has 0 unspecified atom stereocenters. The van der Waals surface area contributed by atoms with E-state index in [1.807, 2.05) is 40.1 Å². The Morgan fingerprint density at radius 3 is 2.50 bits per heavy atom. The SMILES string of the molecule is COc1ccccc1CNCC(=O)N1CCN(c2ccccc2F)CC1. The third kappa shape index (κ3) is 4.32. The highest BCUT2D eigenvalue weighted by atomic mass is 19.1. The predicted molar refractivity (Wildman–Crippen MR) is 99.9 cm³/mol. The van der Waals surface area contributed by atoms with Crippen molar-refractivity contribution in [3.05, 3.63) is 59.9 Å². The molecular weight excluding hydrogens is 333 g/mol. The smallest absolute Gasteiger partial charge is 0.236 e. The quantitative estimate of drug-likeness (QED) is 0.862. The second-order valence-electron chi connectivity index (χ2n) is 6.23. The highest BCUT2D eigenvalue weighted by molar-refractivity contribution is 5.78. The average molecular weight is 357 g/mol. The van der Waals surface area contributed by atoms with Gasteiger partial charge < -0.3 is 19.9 Å². The molecule has 1 aliphatic heterocycles. The molecule has 1 N–H and O–H groups in total. The van der Waals surface area contributed by atoms with Crippen LogP contribution in [0.5, 0.6) is 5.75 Å². The van der Waals surface area contributed by atoms with Gasteiger partial charge in [0, 0.05) is 38.3 Å². The Hall–Kier alpha value is -2.60. The third-order valence-corrected chi connectivity index (χ3v) is 4.61. The molecule has 1 aliphatic rings. The zero-order valence-corrected chi connectivity index (χ0v) is 15.0. The lowest BCUT2D eigenvalue weighted by atomic mass is 10.2. The van der Waals surface area contributed by atoms with Crippen molar-refractivity contribution in [1.29, 1.82) is 0 Å². The van der Waals surface area contributed by atoms with Crippen molar-refractivity contribution in [3.63, 3.8) is 0 Å². The molecule has 0 spiro atoms. The summed E-state index contributed by atoms with van der Waals surface area (Å²) in [6.07, 6.45) is 0. The predicted octanol–water partition coefficient (Wildman–Crippen LogP) is 2.27. The number of piperazine rings is 1. The van der Waals surface area contributed by atoms with Gasteiger partial charge in [0.05, 0.1) is 19.3 Å². The van der Waals surface area contributed by atoms with Crippen LogP contribution in [-0.2, 0) is 11.3 Å². The number of ether oxygens (including phenoxy) is 1. The van der Waals surface area contributed by atoms with E-state index in [1.54, 1.807) is 19.2 Å². The molecular formula is C20H24FN3O2. The summed E-state index contributed by atoms with van der Waals surface area (Å²) in [4.78, 5) is 16.2. The zero-order chi connectivity index (χ0) is 18.4. The van der Waals surface area contributed by atoms with E-state index in [1.165, 1.54) is 6.07 Å². The maximum absolute atomic E-state index is 13.9. The van der Waals surface area contributed by atoms with Crippen LogP contribution in [0.4, 0.5) is 10.1 Å². The average Bonchev–Trinajstić information content (AvgIpc) is 2.69. The van der Waals surface area contributed by atoms with Gasteiger partial charge in [0.25, 0.3) is 0 Å². The molecule has 2 aromatic carbocycles. The molecule has 0 atom stereocenters. The largest absolute Gasteiger partial charge is 0.496 e. The van der Waals surface area contributed by atoms with Crippen LogP contribution in [0.1, 0.15) is 5.56 Å². The van der Waals surface area contributed by atoms with Gasteiger partial charge in [-0.05, 0) is 18.2 Å². The molecule has 1 saturated heterocycles. The van der Waals surface area contributed by atoms with Gasteiger partial charge in [0.15, 0.2) is 0 Å². The zero-order valence-electron chi connectivity index (χ0n) is 15.0. The second kappa shape index (κ2) is 8.67. The highest BCUT2D eigenvalue weighted by Crippen LogP contribution is 2.20. The van der Waals surface area contributed by atoms with Crippen molar-refractivity contribution in [1.82, 2.24) is 10.2 Å². The topological polar surface area (TPSA) is 44.8 Å². The molecule has 26 heavy (non-hydrogen) atoms. The highest BCUT2D eigenvalue weighted by Gasteiger charge is 2.22. The summed E-state index contributed by atoms with van der Waals surface area (Å²) in [5.74, 6) is 0.657. The molecule has 1 amide bonds. The minimum absolute atomic E-state index is 0.0630. The van der Waals surface area contributed by atoms with Crippen molar-refractivity contribution < 1.29 is 13.9 Å². The van der Waals surface area contributed by atoms with Gasteiger partial charge >= 0.3 is 0 Å². The lowest BCUT2D eigenvalue weighted by molar-refractivity contribution is -0.130. The van der Waals surface area contributed by atoms with Crippen LogP contribution in [0.2, 0.25) is 0 Å². The molecule has 6 heteroatoms. The number of benzene rings is 2. The minimum atomic E-state index is -0.217. The molecule has 0 bridgehead atoms. The van der Waals surface area contributed by atoms with E-state index in [0.29, 0.717) is 38.4 Å². The van der Waals surface area contributed by atoms with E-state index < -0.39 is 0 Å². The van der Waals surface area contributed by atoms with E-state index in [2.05, 4.69) is 5.32 Å². The number of amides is 1. The number of rotatable bonds is 6. The van der Waals surface area contributed by atoms with Crippen LogP contribution in [0, 0.1) is 5.82 Å². The Labute approximate surface area is 153 Å². The van der Waals surface area contributed by atoms with Crippen LogP contribution in [0.3, 0.4) is 0 Å². The van der Waals surface area contributed by atoms with Gasteiger partial charge in [-0.3, -0.25) is 4.79 Å². The van der Waals surface area contributed by atoms with Crippen LogP contribution >= 0.6 is 0 Å². The summed E-state index contributed by atoms with van der Waals surface area (Å²) in [6.45, 7) is 3.33. The lowest BCUT2D eigenvalue weighted by Crippen LogP contribution is -2.51. The van der Waals surface area contributed by atoms with E-state index in [0.717, 1.165) is 11.3 Å². The molecule has 138 valence electrons. The summed E-state index contributed by atoms with van der Waals surface area (Å²) in [7, 11) is 1.64. The number of hydrogen-bond acceptors (Lipinski definition) is 4. The summed E-state index contributed by atoms with van der Waals surface area (Å²) in [5, 5.41) is 3.18. The molecule has 2 aromatic rings. The van der Waals surface area contributed by atoms with Gasteiger partial charge in [0.1, 0.15) is 11.6 Å². The molecule has 1 heterocycles. The lowest BCUT2D eigenvalue weighted by Gasteiger charge is -2.36. The van der Waals surface area contributed by atoms with Crippen molar-refractivity contribution in [2.75, 3.05) is 44.7 Å². The minimum Gasteiger partial charge on any atom is -0.496 e. The third-order valence-electron chi connectivity index (χ3n) is 4.61. The molecule has 0 radical (unpaired) electrons. The van der Waals surface area contributed by atoms with Crippen LogP contribution in [0.15, 0.2) is 48.5 Å². The number of carbonyl (C=O) groups excluding carboxylic acids is 1. The van der Waals surface area contributed by atoms with Crippen molar-refractivity contribution >= 4 is 11.6 Å². The second-order valence-corrected chi connectivity index (χ2v) is 6.23. The number of para-hydroxylation sites is 2. The first kappa shape index (κ1) is 18.2. The molecule has 0 saturated carbocycles. The molecule has 3 rings (SSSR count). The molecule has 5 nitrogen and oxygen atoms in total. The number of anilines is 1. The van der Waals surface area contributed by atoms with Gasteiger partial charge in [-0.2, -0.15) is 0 Å². The first-order valence-corrected chi connectivity index (χ1v) is 8.79. The van der Waals surface area contributed by atoms with E-state index in [-0.39, 0.29) is 18.3 Å².